The van der Waals surface area contributed by atoms with Gasteiger partial charge in [0.2, 0.25) is 5.78 Å². The van der Waals surface area contributed by atoms with Gasteiger partial charge in [-0.3, -0.25) is 4.79 Å². The number of hydrogen-bond donors (Lipinski definition) is 0. The van der Waals surface area contributed by atoms with Gasteiger partial charge in [0.1, 0.15) is 0 Å². The van der Waals surface area contributed by atoms with Crippen molar-refractivity contribution in [2.24, 2.45) is 0 Å². The van der Waals surface area contributed by atoms with E-state index < -0.39 is 35.4 Å². The number of carbonyl (C=O) groups is 1. The van der Waals surface area contributed by atoms with Gasteiger partial charge in [0.25, 0.3) is 0 Å². The van der Waals surface area contributed by atoms with E-state index in [2.05, 4.69) is 0 Å². The number of halogens is 5. The highest BCUT2D eigenvalue weighted by Gasteiger charge is 2.50. The van der Waals surface area contributed by atoms with Gasteiger partial charge in [-0.15, -0.1) is 0 Å². The lowest BCUT2D eigenvalue weighted by Crippen LogP contribution is -2.36. The predicted molar refractivity (Wildman–Crippen MR) is 69.2 cm³/mol. The van der Waals surface area contributed by atoms with Crippen LogP contribution in [0.3, 0.4) is 0 Å². The quantitative estimate of drug-likeness (QED) is 0.683. The highest BCUT2D eigenvalue weighted by Crippen LogP contribution is 2.44. The number of hydrogen-bond acceptors (Lipinski definition) is 1. The number of aromatic nitrogens is 1. The molecule has 2 aliphatic carbocycles. The number of ketones is 1. The SMILES string of the molecule is O=C1c2c(C(F)(F)F)cn(C3CCCCC3)c2CCC1(F)F. The lowest BCUT2D eigenvalue weighted by Gasteiger charge is -2.28. The summed E-state index contributed by atoms with van der Waals surface area (Å²) in [5, 5.41) is 0. The van der Waals surface area contributed by atoms with Crippen molar-refractivity contribution in [2.45, 2.75) is 63.1 Å². The summed E-state index contributed by atoms with van der Waals surface area (Å²) in [6.45, 7) is 0. The number of rotatable bonds is 1. The molecule has 1 aromatic rings. The minimum Gasteiger partial charge on any atom is -0.347 e. The Morgan fingerprint density at radius 2 is 1.77 bits per heavy atom. The molecular weight excluding hydrogens is 305 g/mol. The molecule has 3 rings (SSSR count). The number of fused-ring (bicyclic) bond motifs is 1. The Labute approximate surface area is 124 Å². The minimum absolute atomic E-state index is 0.127. The number of nitrogens with zero attached hydrogens (tertiary/aromatic N) is 1. The molecule has 22 heavy (non-hydrogen) atoms. The van der Waals surface area contributed by atoms with Crippen molar-refractivity contribution in [2.75, 3.05) is 0 Å². The van der Waals surface area contributed by atoms with Crippen LogP contribution < -0.4 is 0 Å². The highest BCUT2D eigenvalue weighted by molar-refractivity contribution is 6.04. The fourth-order valence-electron chi connectivity index (χ4n) is 3.55. The van der Waals surface area contributed by atoms with E-state index in [4.69, 9.17) is 0 Å². The van der Waals surface area contributed by atoms with E-state index >= 15 is 0 Å². The lowest BCUT2D eigenvalue weighted by atomic mass is 9.89. The molecule has 0 N–H and O–H groups in total. The molecule has 2 aliphatic rings. The average Bonchev–Trinajstić information content (AvgIpc) is 2.84. The van der Waals surface area contributed by atoms with E-state index in [0.717, 1.165) is 38.3 Å². The van der Waals surface area contributed by atoms with Gasteiger partial charge >= 0.3 is 12.1 Å². The van der Waals surface area contributed by atoms with Gasteiger partial charge in [0.05, 0.1) is 11.1 Å². The zero-order valence-electron chi connectivity index (χ0n) is 11.8. The maximum atomic E-state index is 13.6. The van der Waals surface area contributed by atoms with Crippen LogP contribution >= 0.6 is 0 Å². The van der Waals surface area contributed by atoms with Crippen LogP contribution in [0.4, 0.5) is 22.0 Å². The maximum Gasteiger partial charge on any atom is 0.418 e. The first kappa shape index (κ1) is 15.5. The minimum atomic E-state index is -4.80. The molecule has 1 heterocycles. The van der Waals surface area contributed by atoms with Crippen LogP contribution in [0.1, 0.15) is 66.2 Å². The maximum absolute atomic E-state index is 13.6. The van der Waals surface area contributed by atoms with Crippen LogP contribution in [-0.2, 0) is 12.6 Å². The molecule has 0 radical (unpaired) electrons. The van der Waals surface area contributed by atoms with E-state index in [1.807, 2.05) is 0 Å². The first-order chi connectivity index (χ1) is 10.2. The summed E-state index contributed by atoms with van der Waals surface area (Å²) in [6, 6.07) is -0.127. The monoisotopic (exact) mass is 321 g/mol. The standard InChI is InChI=1S/C15H16F5NO/c16-14(17)7-6-11-12(13(14)22)10(15(18,19)20)8-21(11)9-4-2-1-3-5-9/h8-9H,1-7H2. The van der Waals surface area contributed by atoms with Crippen molar-refractivity contribution in [3.63, 3.8) is 0 Å². The molecule has 2 nitrogen and oxygen atoms in total. The summed E-state index contributed by atoms with van der Waals surface area (Å²) in [4.78, 5) is 11.8. The van der Waals surface area contributed by atoms with Crippen LogP contribution in [0.25, 0.3) is 0 Å². The van der Waals surface area contributed by atoms with Gasteiger partial charge in [0.15, 0.2) is 0 Å². The third-order valence-electron chi connectivity index (χ3n) is 4.65. The van der Waals surface area contributed by atoms with Crippen LogP contribution in [0.2, 0.25) is 0 Å². The van der Waals surface area contributed by atoms with Crippen LogP contribution in [0.5, 0.6) is 0 Å². The van der Waals surface area contributed by atoms with Crippen LogP contribution in [-0.4, -0.2) is 16.3 Å². The Morgan fingerprint density at radius 3 is 2.36 bits per heavy atom. The van der Waals surface area contributed by atoms with E-state index in [1.54, 1.807) is 0 Å². The lowest BCUT2D eigenvalue weighted by molar-refractivity contribution is -0.138. The molecular formula is C15H16F5NO. The fraction of sp³-hybridized carbons (Fsp3) is 0.667. The Morgan fingerprint density at radius 1 is 1.14 bits per heavy atom. The van der Waals surface area contributed by atoms with Crippen LogP contribution in [0.15, 0.2) is 6.20 Å². The van der Waals surface area contributed by atoms with Gasteiger partial charge in [-0.05, 0) is 19.3 Å². The number of Topliss-reactive ketones (excluding diaryl/α,β-unsaturated/α-hetero) is 1. The van der Waals surface area contributed by atoms with Crippen LogP contribution in [0, 0.1) is 0 Å². The van der Waals surface area contributed by atoms with Crippen molar-refractivity contribution >= 4 is 5.78 Å². The Hall–Kier alpha value is -1.40. The molecule has 0 bridgehead atoms. The molecule has 0 atom stereocenters. The summed E-state index contributed by atoms with van der Waals surface area (Å²) in [7, 11) is 0. The summed E-state index contributed by atoms with van der Waals surface area (Å²) >= 11 is 0. The van der Waals surface area contributed by atoms with Gasteiger partial charge in [0, 0.05) is 24.4 Å². The normalized spacial score (nSPS) is 22.7. The molecule has 0 saturated heterocycles. The van der Waals surface area contributed by atoms with Crippen molar-refractivity contribution in [3.8, 4) is 0 Å². The summed E-state index contributed by atoms with van der Waals surface area (Å²) in [6.07, 6.45) is -0.540. The van der Waals surface area contributed by atoms with Gasteiger partial charge in [-0.25, -0.2) is 0 Å². The molecule has 0 aromatic carbocycles. The Bertz CT molecular complexity index is 596. The topological polar surface area (TPSA) is 22.0 Å². The third-order valence-corrected chi connectivity index (χ3v) is 4.65. The summed E-state index contributed by atoms with van der Waals surface area (Å²) < 4.78 is 68.1. The Balaban J connectivity index is 2.13. The number of carbonyl (C=O) groups excluding carboxylic acids is 1. The Kier molecular flexibility index (Phi) is 3.57. The second kappa shape index (κ2) is 5.06. The molecule has 0 aliphatic heterocycles. The highest BCUT2D eigenvalue weighted by atomic mass is 19.4. The molecule has 1 saturated carbocycles. The first-order valence-corrected chi connectivity index (χ1v) is 7.45. The van der Waals surface area contributed by atoms with E-state index in [-0.39, 0.29) is 18.2 Å². The molecule has 1 fully saturated rings. The van der Waals surface area contributed by atoms with E-state index in [0.29, 0.717) is 0 Å². The molecule has 0 unspecified atom stereocenters. The first-order valence-electron chi connectivity index (χ1n) is 7.45. The molecule has 1 aromatic heterocycles. The van der Waals surface area contributed by atoms with Gasteiger partial charge in [-0.2, -0.15) is 22.0 Å². The molecule has 122 valence electrons. The van der Waals surface area contributed by atoms with Crippen molar-refractivity contribution < 1.29 is 26.7 Å². The number of alkyl halides is 5. The van der Waals surface area contributed by atoms with Gasteiger partial charge < -0.3 is 4.57 Å². The fourth-order valence-corrected chi connectivity index (χ4v) is 3.55. The zero-order chi connectivity index (χ0) is 16.1. The van der Waals surface area contributed by atoms with Crippen molar-refractivity contribution in [1.82, 2.24) is 4.57 Å². The average molecular weight is 321 g/mol. The van der Waals surface area contributed by atoms with Gasteiger partial charge in [-0.1, -0.05) is 19.3 Å². The molecule has 0 spiro atoms. The predicted octanol–water partition coefficient (Wildman–Crippen LogP) is 4.78. The smallest absolute Gasteiger partial charge is 0.347 e. The second-order valence-corrected chi connectivity index (χ2v) is 6.09. The molecule has 7 heteroatoms. The second-order valence-electron chi connectivity index (χ2n) is 6.09. The summed E-state index contributed by atoms with van der Waals surface area (Å²) in [5.74, 6) is -5.39. The molecule has 0 amide bonds. The van der Waals surface area contributed by atoms with E-state index in [9.17, 15) is 26.7 Å². The largest absolute Gasteiger partial charge is 0.418 e. The van der Waals surface area contributed by atoms with Crippen molar-refractivity contribution in [3.05, 3.63) is 23.0 Å². The zero-order valence-corrected chi connectivity index (χ0v) is 11.8. The van der Waals surface area contributed by atoms with Crippen molar-refractivity contribution in [1.29, 1.82) is 0 Å². The summed E-state index contributed by atoms with van der Waals surface area (Å²) in [5.41, 5.74) is -1.89. The third kappa shape index (κ3) is 2.44. The van der Waals surface area contributed by atoms with E-state index in [1.165, 1.54) is 4.57 Å².